The lowest BCUT2D eigenvalue weighted by atomic mass is 9.84. The summed E-state index contributed by atoms with van der Waals surface area (Å²) in [7, 11) is 0. The Labute approximate surface area is 155 Å². The van der Waals surface area contributed by atoms with Gasteiger partial charge in [-0.2, -0.15) is 0 Å². The molecule has 1 saturated carbocycles. The van der Waals surface area contributed by atoms with Crippen LogP contribution < -0.4 is 0 Å². The van der Waals surface area contributed by atoms with Crippen LogP contribution in [0.15, 0.2) is 30.3 Å². The molecule has 0 aromatic heterocycles. The zero-order valence-corrected chi connectivity index (χ0v) is 15.3. The Balaban J connectivity index is 1.41. The molecule has 2 aliphatic rings. The van der Waals surface area contributed by atoms with Gasteiger partial charge in [0.1, 0.15) is 6.04 Å². The average molecular weight is 359 g/mol. The zero-order valence-electron chi connectivity index (χ0n) is 15.3. The Morgan fingerprint density at radius 1 is 1.12 bits per heavy atom. The van der Waals surface area contributed by atoms with Gasteiger partial charge in [0.25, 0.3) is 0 Å². The molecule has 1 aromatic carbocycles. The number of likely N-dealkylation sites (tertiary alicyclic amines) is 1. The summed E-state index contributed by atoms with van der Waals surface area (Å²) >= 11 is 0. The number of carboxylic acid groups (broad SMARTS) is 1. The van der Waals surface area contributed by atoms with Crippen molar-refractivity contribution in [2.45, 2.75) is 63.5 Å². The standard InChI is InChI=1S/C21H29NO4/c23-20(11-6-13-26-14-12-16-7-2-1-3-8-16)22-18-10-5-4-9-17(18)15-19(22)21(24)25/h1-3,7-8,17-19H,4-6,9-15H2,(H,24,25). The van der Waals surface area contributed by atoms with Crippen molar-refractivity contribution in [2.24, 2.45) is 5.92 Å². The fourth-order valence-electron chi connectivity index (χ4n) is 4.43. The minimum Gasteiger partial charge on any atom is -0.480 e. The van der Waals surface area contributed by atoms with Crippen LogP contribution in [0.3, 0.4) is 0 Å². The van der Waals surface area contributed by atoms with Crippen LogP contribution >= 0.6 is 0 Å². The molecule has 3 atom stereocenters. The first-order valence-electron chi connectivity index (χ1n) is 9.82. The lowest BCUT2D eigenvalue weighted by Gasteiger charge is -2.33. The number of carbonyl (C=O) groups excluding carboxylic acids is 1. The molecule has 1 aliphatic heterocycles. The molecule has 1 N–H and O–H groups in total. The third-order valence-electron chi connectivity index (χ3n) is 5.72. The summed E-state index contributed by atoms with van der Waals surface area (Å²) in [6.45, 7) is 1.18. The molecule has 5 nitrogen and oxygen atoms in total. The van der Waals surface area contributed by atoms with Crippen LogP contribution in [0.4, 0.5) is 0 Å². The van der Waals surface area contributed by atoms with Gasteiger partial charge in [0.15, 0.2) is 0 Å². The van der Waals surface area contributed by atoms with E-state index in [1.54, 1.807) is 4.90 Å². The summed E-state index contributed by atoms with van der Waals surface area (Å²) in [5, 5.41) is 9.51. The number of carbonyl (C=O) groups is 2. The van der Waals surface area contributed by atoms with Gasteiger partial charge >= 0.3 is 5.97 Å². The Kier molecular flexibility index (Phi) is 6.67. The third-order valence-corrected chi connectivity index (χ3v) is 5.72. The largest absolute Gasteiger partial charge is 0.480 e. The van der Waals surface area contributed by atoms with Gasteiger partial charge in [0.05, 0.1) is 6.61 Å². The Morgan fingerprint density at radius 2 is 1.88 bits per heavy atom. The highest BCUT2D eigenvalue weighted by molar-refractivity contribution is 5.84. The Bertz CT molecular complexity index is 603. The predicted molar refractivity (Wildman–Crippen MR) is 98.8 cm³/mol. The number of ether oxygens (including phenoxy) is 1. The van der Waals surface area contributed by atoms with E-state index in [1.165, 1.54) is 5.56 Å². The molecule has 1 saturated heterocycles. The van der Waals surface area contributed by atoms with Crippen molar-refractivity contribution in [3.8, 4) is 0 Å². The quantitative estimate of drug-likeness (QED) is 0.724. The SMILES string of the molecule is O=C(O)C1CC2CCCCC2N1C(=O)CCCOCCc1ccccc1. The highest BCUT2D eigenvalue weighted by atomic mass is 16.5. The number of nitrogens with zero attached hydrogens (tertiary/aromatic N) is 1. The second-order valence-electron chi connectivity index (χ2n) is 7.45. The number of aliphatic carboxylic acids is 1. The van der Waals surface area contributed by atoms with Crippen LogP contribution in [0.5, 0.6) is 0 Å². The number of rotatable bonds is 8. The Hall–Kier alpha value is -1.88. The van der Waals surface area contributed by atoms with Gasteiger partial charge in [-0.3, -0.25) is 4.79 Å². The van der Waals surface area contributed by atoms with Crippen LogP contribution in [0, 0.1) is 5.92 Å². The van der Waals surface area contributed by atoms with E-state index in [2.05, 4.69) is 12.1 Å². The first-order chi connectivity index (χ1) is 12.7. The minimum absolute atomic E-state index is 0.0153. The molecule has 26 heavy (non-hydrogen) atoms. The molecule has 1 heterocycles. The zero-order chi connectivity index (χ0) is 18.4. The van der Waals surface area contributed by atoms with Crippen molar-refractivity contribution < 1.29 is 19.4 Å². The van der Waals surface area contributed by atoms with Gasteiger partial charge < -0.3 is 14.7 Å². The lowest BCUT2D eigenvalue weighted by Crippen LogP contribution is -2.46. The van der Waals surface area contributed by atoms with E-state index in [9.17, 15) is 14.7 Å². The number of hydrogen-bond donors (Lipinski definition) is 1. The van der Waals surface area contributed by atoms with Crippen LogP contribution in [-0.4, -0.2) is 47.2 Å². The summed E-state index contributed by atoms with van der Waals surface area (Å²) in [6, 6.07) is 9.68. The third kappa shape index (κ3) is 4.64. The number of hydrogen-bond acceptors (Lipinski definition) is 3. The molecule has 1 aromatic rings. The van der Waals surface area contributed by atoms with Crippen molar-refractivity contribution in [1.29, 1.82) is 0 Å². The molecular weight excluding hydrogens is 330 g/mol. The molecule has 1 amide bonds. The maximum atomic E-state index is 12.7. The Morgan fingerprint density at radius 3 is 2.65 bits per heavy atom. The molecule has 0 bridgehead atoms. The second-order valence-corrected chi connectivity index (χ2v) is 7.45. The first kappa shape index (κ1) is 18.9. The predicted octanol–water partition coefficient (Wildman–Crippen LogP) is 3.27. The second kappa shape index (κ2) is 9.17. The molecule has 0 radical (unpaired) electrons. The molecule has 2 fully saturated rings. The van der Waals surface area contributed by atoms with Crippen molar-refractivity contribution in [3.63, 3.8) is 0 Å². The van der Waals surface area contributed by atoms with E-state index in [0.29, 0.717) is 38.4 Å². The van der Waals surface area contributed by atoms with Gasteiger partial charge in [-0.1, -0.05) is 43.2 Å². The normalized spacial score (nSPS) is 25.1. The molecule has 5 heteroatoms. The number of fused-ring (bicyclic) bond motifs is 1. The summed E-state index contributed by atoms with van der Waals surface area (Å²) in [5.41, 5.74) is 1.24. The first-order valence-corrected chi connectivity index (χ1v) is 9.82. The van der Waals surface area contributed by atoms with Crippen LogP contribution in [0.1, 0.15) is 50.5 Å². The van der Waals surface area contributed by atoms with Gasteiger partial charge in [0, 0.05) is 19.1 Å². The fourth-order valence-corrected chi connectivity index (χ4v) is 4.43. The fraction of sp³-hybridized carbons (Fsp3) is 0.619. The maximum Gasteiger partial charge on any atom is 0.326 e. The van der Waals surface area contributed by atoms with E-state index in [4.69, 9.17) is 4.74 Å². The molecule has 142 valence electrons. The maximum absolute atomic E-state index is 12.7. The summed E-state index contributed by atoms with van der Waals surface area (Å²) < 4.78 is 5.64. The molecular formula is C21H29NO4. The van der Waals surface area contributed by atoms with Crippen molar-refractivity contribution in [3.05, 3.63) is 35.9 Å². The summed E-state index contributed by atoms with van der Waals surface area (Å²) in [4.78, 5) is 26.0. The van der Waals surface area contributed by atoms with Crippen LogP contribution in [-0.2, 0) is 20.7 Å². The lowest BCUT2D eigenvalue weighted by molar-refractivity contribution is -0.150. The monoisotopic (exact) mass is 359 g/mol. The molecule has 3 unspecified atom stereocenters. The van der Waals surface area contributed by atoms with E-state index in [0.717, 1.165) is 32.1 Å². The van der Waals surface area contributed by atoms with Crippen molar-refractivity contribution in [1.82, 2.24) is 4.90 Å². The highest BCUT2D eigenvalue weighted by Gasteiger charge is 2.47. The molecule has 1 aliphatic carbocycles. The van der Waals surface area contributed by atoms with Gasteiger partial charge in [-0.15, -0.1) is 0 Å². The highest BCUT2D eigenvalue weighted by Crippen LogP contribution is 2.40. The van der Waals surface area contributed by atoms with Crippen LogP contribution in [0.25, 0.3) is 0 Å². The van der Waals surface area contributed by atoms with E-state index >= 15 is 0 Å². The summed E-state index contributed by atoms with van der Waals surface area (Å²) in [5.74, 6) is -0.499. The number of amides is 1. The molecule has 0 spiro atoms. The summed E-state index contributed by atoms with van der Waals surface area (Å²) in [6.07, 6.45) is 6.77. The van der Waals surface area contributed by atoms with Gasteiger partial charge in [-0.25, -0.2) is 4.79 Å². The van der Waals surface area contributed by atoms with Gasteiger partial charge in [-0.05, 0) is 43.6 Å². The topological polar surface area (TPSA) is 66.8 Å². The molecule has 3 rings (SSSR count). The minimum atomic E-state index is -0.855. The van der Waals surface area contributed by atoms with E-state index in [-0.39, 0.29) is 11.9 Å². The van der Waals surface area contributed by atoms with E-state index < -0.39 is 12.0 Å². The average Bonchev–Trinajstić information content (AvgIpc) is 3.05. The van der Waals surface area contributed by atoms with E-state index in [1.807, 2.05) is 18.2 Å². The van der Waals surface area contributed by atoms with Crippen molar-refractivity contribution >= 4 is 11.9 Å². The number of carboxylic acids is 1. The van der Waals surface area contributed by atoms with Crippen molar-refractivity contribution in [2.75, 3.05) is 13.2 Å². The number of benzene rings is 1. The van der Waals surface area contributed by atoms with Gasteiger partial charge in [0.2, 0.25) is 5.91 Å². The van der Waals surface area contributed by atoms with Crippen LogP contribution in [0.2, 0.25) is 0 Å². The smallest absolute Gasteiger partial charge is 0.326 e.